The average Bonchev–Trinajstić information content (AvgIpc) is 3.05. The van der Waals surface area contributed by atoms with Gasteiger partial charge in [-0.25, -0.2) is 9.50 Å². The molecule has 0 aliphatic carbocycles. The lowest BCUT2D eigenvalue weighted by Gasteiger charge is -2.08. The van der Waals surface area contributed by atoms with Crippen LogP contribution in [0.5, 0.6) is 11.6 Å². The summed E-state index contributed by atoms with van der Waals surface area (Å²) in [6, 6.07) is 19.2. The molecule has 0 fully saturated rings. The van der Waals surface area contributed by atoms with Crippen molar-refractivity contribution in [1.29, 1.82) is 0 Å². The number of hydrogen-bond acceptors (Lipinski definition) is 4. The number of hydrogen-bond donors (Lipinski definition) is 0. The highest BCUT2D eigenvalue weighted by Gasteiger charge is 2.12. The molecule has 0 atom stereocenters. The van der Waals surface area contributed by atoms with E-state index in [9.17, 15) is 0 Å². The maximum absolute atomic E-state index is 5.94. The van der Waals surface area contributed by atoms with Gasteiger partial charge in [0.05, 0.1) is 0 Å². The van der Waals surface area contributed by atoms with Crippen molar-refractivity contribution < 1.29 is 4.74 Å². The number of ether oxygens (including phenoxy) is 1. The molecule has 3 aromatic heterocycles. The maximum atomic E-state index is 5.94. The van der Waals surface area contributed by atoms with E-state index in [1.807, 2.05) is 73.8 Å². The molecule has 0 aliphatic rings. The SMILES string of the molecule is Cc1cccc(-c2nc(Oc3ccccc3)c3cccn3n2)n1. The zero-order valence-corrected chi connectivity index (χ0v) is 12.5. The molecule has 0 bridgehead atoms. The normalized spacial score (nSPS) is 10.8. The van der Waals surface area contributed by atoms with Gasteiger partial charge in [0, 0.05) is 11.9 Å². The maximum Gasteiger partial charge on any atom is 0.247 e. The van der Waals surface area contributed by atoms with E-state index in [0.717, 1.165) is 22.7 Å². The van der Waals surface area contributed by atoms with Gasteiger partial charge in [0.1, 0.15) is 17.0 Å². The van der Waals surface area contributed by atoms with Crippen LogP contribution in [0, 0.1) is 6.92 Å². The van der Waals surface area contributed by atoms with Gasteiger partial charge in [-0.3, -0.25) is 0 Å². The van der Waals surface area contributed by atoms with E-state index >= 15 is 0 Å². The zero-order valence-electron chi connectivity index (χ0n) is 12.5. The van der Waals surface area contributed by atoms with Crippen molar-refractivity contribution in [2.75, 3.05) is 0 Å². The fourth-order valence-corrected chi connectivity index (χ4v) is 2.36. The molecule has 3 heterocycles. The van der Waals surface area contributed by atoms with Gasteiger partial charge in [0.15, 0.2) is 0 Å². The summed E-state index contributed by atoms with van der Waals surface area (Å²) < 4.78 is 7.70. The monoisotopic (exact) mass is 302 g/mol. The van der Waals surface area contributed by atoms with E-state index in [4.69, 9.17) is 4.74 Å². The van der Waals surface area contributed by atoms with Crippen LogP contribution in [0.25, 0.3) is 17.0 Å². The van der Waals surface area contributed by atoms with Gasteiger partial charge in [0.25, 0.3) is 0 Å². The second kappa shape index (κ2) is 5.53. The quantitative estimate of drug-likeness (QED) is 0.576. The Balaban J connectivity index is 1.84. The zero-order chi connectivity index (χ0) is 15.6. The number of fused-ring (bicyclic) bond motifs is 1. The van der Waals surface area contributed by atoms with E-state index in [1.54, 1.807) is 4.52 Å². The van der Waals surface area contributed by atoms with Gasteiger partial charge in [0.2, 0.25) is 11.7 Å². The van der Waals surface area contributed by atoms with Crippen LogP contribution in [0.15, 0.2) is 66.9 Å². The lowest BCUT2D eigenvalue weighted by molar-refractivity contribution is 0.464. The second-order valence-corrected chi connectivity index (χ2v) is 5.16. The Morgan fingerprint density at radius 3 is 2.57 bits per heavy atom. The van der Waals surface area contributed by atoms with Crippen molar-refractivity contribution in [3.63, 3.8) is 0 Å². The van der Waals surface area contributed by atoms with Crippen molar-refractivity contribution >= 4 is 5.52 Å². The summed E-state index contributed by atoms with van der Waals surface area (Å²) in [7, 11) is 0. The van der Waals surface area contributed by atoms with E-state index < -0.39 is 0 Å². The summed E-state index contributed by atoms with van der Waals surface area (Å²) >= 11 is 0. The Bertz CT molecular complexity index is 963. The van der Waals surface area contributed by atoms with Crippen LogP contribution in [0.3, 0.4) is 0 Å². The highest BCUT2D eigenvalue weighted by molar-refractivity contribution is 5.61. The molecule has 0 unspecified atom stereocenters. The molecule has 0 spiro atoms. The molecule has 5 nitrogen and oxygen atoms in total. The summed E-state index contributed by atoms with van der Waals surface area (Å²) in [4.78, 5) is 9.05. The number of pyridine rings is 1. The van der Waals surface area contributed by atoms with Crippen LogP contribution < -0.4 is 4.74 Å². The van der Waals surface area contributed by atoms with Gasteiger partial charge in [-0.2, -0.15) is 4.98 Å². The largest absolute Gasteiger partial charge is 0.437 e. The molecule has 0 saturated heterocycles. The number of aromatic nitrogens is 4. The summed E-state index contributed by atoms with van der Waals surface area (Å²) in [5.41, 5.74) is 2.45. The molecule has 112 valence electrons. The first kappa shape index (κ1) is 13.5. The summed E-state index contributed by atoms with van der Waals surface area (Å²) in [6.45, 7) is 1.94. The minimum Gasteiger partial charge on any atom is -0.437 e. The van der Waals surface area contributed by atoms with E-state index in [1.165, 1.54) is 0 Å². The van der Waals surface area contributed by atoms with Crippen molar-refractivity contribution in [3.05, 3.63) is 72.6 Å². The minimum atomic E-state index is 0.509. The molecule has 4 rings (SSSR count). The first-order chi connectivity index (χ1) is 11.3. The van der Waals surface area contributed by atoms with E-state index in [0.29, 0.717) is 11.7 Å². The number of nitrogens with zero attached hydrogens (tertiary/aromatic N) is 4. The van der Waals surface area contributed by atoms with E-state index in [2.05, 4.69) is 15.1 Å². The van der Waals surface area contributed by atoms with Crippen LogP contribution >= 0.6 is 0 Å². The van der Waals surface area contributed by atoms with Crippen LogP contribution in [0.2, 0.25) is 0 Å². The lowest BCUT2D eigenvalue weighted by atomic mass is 10.3. The number of aryl methyl sites for hydroxylation is 1. The number of rotatable bonds is 3. The van der Waals surface area contributed by atoms with Crippen molar-refractivity contribution in [3.8, 4) is 23.1 Å². The summed E-state index contributed by atoms with van der Waals surface area (Å²) in [5.74, 6) is 1.77. The molecule has 0 aliphatic heterocycles. The van der Waals surface area contributed by atoms with Crippen LogP contribution in [0.1, 0.15) is 5.69 Å². The molecular formula is C18H14N4O. The van der Waals surface area contributed by atoms with Crippen molar-refractivity contribution in [2.24, 2.45) is 0 Å². The summed E-state index contributed by atoms with van der Waals surface area (Å²) in [6.07, 6.45) is 1.87. The van der Waals surface area contributed by atoms with Crippen molar-refractivity contribution in [1.82, 2.24) is 19.6 Å². The molecule has 23 heavy (non-hydrogen) atoms. The fraction of sp³-hybridized carbons (Fsp3) is 0.0556. The van der Waals surface area contributed by atoms with E-state index in [-0.39, 0.29) is 0 Å². The second-order valence-electron chi connectivity index (χ2n) is 5.16. The van der Waals surface area contributed by atoms with Crippen LogP contribution in [0.4, 0.5) is 0 Å². The van der Waals surface area contributed by atoms with Gasteiger partial charge in [-0.05, 0) is 43.3 Å². The lowest BCUT2D eigenvalue weighted by Crippen LogP contribution is -2.02. The predicted molar refractivity (Wildman–Crippen MR) is 87.5 cm³/mol. The molecule has 0 amide bonds. The minimum absolute atomic E-state index is 0.509. The first-order valence-electron chi connectivity index (χ1n) is 7.32. The van der Waals surface area contributed by atoms with Gasteiger partial charge in [-0.15, -0.1) is 5.10 Å². The third-order valence-corrected chi connectivity index (χ3v) is 3.43. The Morgan fingerprint density at radius 1 is 0.870 bits per heavy atom. The summed E-state index contributed by atoms with van der Waals surface area (Å²) in [5, 5.41) is 4.51. The van der Waals surface area contributed by atoms with Crippen molar-refractivity contribution in [2.45, 2.75) is 6.92 Å². The Labute approximate surface area is 133 Å². The molecular weight excluding hydrogens is 288 g/mol. The Hall–Kier alpha value is -3.21. The molecule has 4 aromatic rings. The van der Waals surface area contributed by atoms with Crippen LogP contribution in [-0.2, 0) is 0 Å². The molecule has 5 heteroatoms. The molecule has 0 radical (unpaired) electrons. The Morgan fingerprint density at radius 2 is 1.74 bits per heavy atom. The number of para-hydroxylation sites is 1. The topological polar surface area (TPSA) is 52.3 Å². The van der Waals surface area contributed by atoms with Gasteiger partial charge in [-0.1, -0.05) is 24.3 Å². The van der Waals surface area contributed by atoms with Gasteiger partial charge >= 0.3 is 0 Å². The van der Waals surface area contributed by atoms with Gasteiger partial charge < -0.3 is 4.74 Å². The first-order valence-corrected chi connectivity index (χ1v) is 7.32. The Kier molecular flexibility index (Phi) is 3.24. The van der Waals surface area contributed by atoms with Crippen LogP contribution in [-0.4, -0.2) is 19.6 Å². The average molecular weight is 302 g/mol. The molecule has 0 saturated carbocycles. The smallest absolute Gasteiger partial charge is 0.247 e. The predicted octanol–water partition coefficient (Wildman–Crippen LogP) is 3.89. The fourth-order valence-electron chi connectivity index (χ4n) is 2.36. The number of benzene rings is 1. The standard InChI is InChI=1S/C18H14N4O/c1-13-7-5-10-15(19-13)17-20-18(16-11-6-12-22(16)21-17)23-14-8-3-2-4-9-14/h2-12H,1H3. The highest BCUT2D eigenvalue weighted by atomic mass is 16.5. The molecule has 1 aromatic carbocycles. The highest BCUT2D eigenvalue weighted by Crippen LogP contribution is 2.26. The third-order valence-electron chi connectivity index (χ3n) is 3.43. The third kappa shape index (κ3) is 2.64. The molecule has 0 N–H and O–H groups in total.